The van der Waals surface area contributed by atoms with E-state index in [9.17, 15) is 24.9 Å². The molecule has 3 rings (SSSR count). The van der Waals surface area contributed by atoms with Crippen LogP contribution in [0.15, 0.2) is 30.3 Å². The third-order valence-electron chi connectivity index (χ3n) is 7.33. The largest absolute Gasteiger partial charge is 0.461 e. The van der Waals surface area contributed by atoms with Crippen LogP contribution in [0.3, 0.4) is 0 Å². The average molecular weight is 607 g/mol. The Hall–Kier alpha value is -1.39. The molecule has 1 amide bonds. The molecule has 1 aliphatic carbocycles. The molecule has 7 nitrogen and oxygen atoms in total. The fraction of sp³-hybridized carbons (Fsp3) is 0.556. The summed E-state index contributed by atoms with van der Waals surface area (Å²) < 4.78 is 5.36. The van der Waals surface area contributed by atoms with Gasteiger partial charge in [-0.25, -0.2) is 4.79 Å². The van der Waals surface area contributed by atoms with Gasteiger partial charge in [-0.3, -0.25) is 4.79 Å². The molecular formula is C27H34Cl3NO6S. The summed E-state index contributed by atoms with van der Waals surface area (Å²) >= 11 is 20.2. The Morgan fingerprint density at radius 3 is 2.34 bits per heavy atom. The van der Waals surface area contributed by atoms with Crippen LogP contribution in [0, 0.1) is 17.3 Å². The predicted molar refractivity (Wildman–Crippen MR) is 150 cm³/mol. The second kappa shape index (κ2) is 14.3. The Labute approximate surface area is 241 Å². The molecule has 38 heavy (non-hydrogen) atoms. The smallest absolute Gasteiger partial charge is 0.348 e. The van der Waals surface area contributed by atoms with E-state index < -0.39 is 36.6 Å². The average Bonchev–Trinajstić information content (AvgIpc) is 3.44. The van der Waals surface area contributed by atoms with Gasteiger partial charge in [0, 0.05) is 26.7 Å². The second-order valence-electron chi connectivity index (χ2n) is 10.1. The van der Waals surface area contributed by atoms with Crippen molar-refractivity contribution < 1.29 is 29.6 Å². The van der Waals surface area contributed by atoms with Crippen molar-refractivity contribution in [3.05, 3.63) is 55.7 Å². The van der Waals surface area contributed by atoms with E-state index >= 15 is 0 Å². The quantitative estimate of drug-likeness (QED) is 0.183. The molecule has 1 aliphatic rings. The van der Waals surface area contributed by atoms with Gasteiger partial charge in [-0.05, 0) is 86.3 Å². The monoisotopic (exact) mass is 605 g/mol. The number of carbonyl (C=O) groups is 2. The number of aliphatic hydroxyl groups excluding tert-OH is 3. The number of rotatable bonds is 14. The maximum atomic E-state index is 12.6. The number of primary amides is 1. The first-order valence-electron chi connectivity index (χ1n) is 12.6. The number of hydrogen-bond donors (Lipinski definition) is 4. The molecule has 0 unspecified atom stereocenters. The number of halogens is 3. The zero-order valence-corrected chi connectivity index (χ0v) is 24.0. The fourth-order valence-corrected chi connectivity index (χ4v) is 6.99. The molecule has 1 fully saturated rings. The Morgan fingerprint density at radius 2 is 1.71 bits per heavy atom. The molecule has 0 saturated heterocycles. The number of carbonyl (C=O) groups excluding carboxylic acids is 2. The summed E-state index contributed by atoms with van der Waals surface area (Å²) in [5.74, 6) is -0.948. The molecule has 0 spiro atoms. The van der Waals surface area contributed by atoms with Crippen molar-refractivity contribution in [2.24, 2.45) is 23.0 Å². The third-order valence-corrected chi connectivity index (χ3v) is 9.40. The summed E-state index contributed by atoms with van der Waals surface area (Å²) in [6.45, 7) is -1.12. The van der Waals surface area contributed by atoms with Crippen LogP contribution in [0.4, 0.5) is 0 Å². The topological polar surface area (TPSA) is 130 Å². The molecule has 0 radical (unpaired) electrons. The van der Waals surface area contributed by atoms with E-state index in [1.54, 1.807) is 12.1 Å². The van der Waals surface area contributed by atoms with Gasteiger partial charge in [-0.1, -0.05) is 23.2 Å². The van der Waals surface area contributed by atoms with Gasteiger partial charge in [0.2, 0.25) is 5.91 Å². The summed E-state index contributed by atoms with van der Waals surface area (Å²) in [6.07, 6.45) is 3.12. The number of aliphatic hydroxyl groups is 3. The SMILES string of the molecule is NC(=O)CCC(CO)(CO)COC(=O)c1ccc(CC[C@@H]2[C@@H](CCc3cc(Cl)cc(Cl)c3)[C@H](O)C[C@H]2Cl)s1. The number of alkyl halides is 1. The van der Waals surface area contributed by atoms with E-state index in [0.717, 1.165) is 29.7 Å². The highest BCUT2D eigenvalue weighted by atomic mass is 35.5. The highest BCUT2D eigenvalue weighted by Gasteiger charge is 2.40. The Balaban J connectivity index is 1.55. The lowest BCUT2D eigenvalue weighted by atomic mass is 9.85. The number of benzene rings is 1. The second-order valence-corrected chi connectivity index (χ2v) is 12.7. The Morgan fingerprint density at radius 1 is 1.05 bits per heavy atom. The first kappa shape index (κ1) is 31.1. The Kier molecular flexibility index (Phi) is 11.7. The lowest BCUT2D eigenvalue weighted by molar-refractivity contribution is -0.119. The van der Waals surface area contributed by atoms with Crippen molar-refractivity contribution in [3.8, 4) is 0 Å². The molecule has 11 heteroatoms. The molecule has 1 saturated carbocycles. The van der Waals surface area contributed by atoms with Crippen LogP contribution in [0.1, 0.15) is 52.2 Å². The van der Waals surface area contributed by atoms with Gasteiger partial charge in [-0.15, -0.1) is 22.9 Å². The van der Waals surface area contributed by atoms with Gasteiger partial charge < -0.3 is 25.8 Å². The normalized spacial score (nSPS) is 21.5. The zero-order chi connectivity index (χ0) is 27.9. The lowest BCUT2D eigenvalue weighted by Gasteiger charge is -2.28. The molecule has 1 aromatic carbocycles. The summed E-state index contributed by atoms with van der Waals surface area (Å²) in [5, 5.41) is 31.1. The van der Waals surface area contributed by atoms with Crippen LogP contribution in [0.25, 0.3) is 0 Å². The maximum Gasteiger partial charge on any atom is 0.348 e. The fourth-order valence-electron chi connectivity index (χ4n) is 5.00. The molecule has 5 N–H and O–H groups in total. The van der Waals surface area contributed by atoms with E-state index in [0.29, 0.717) is 27.8 Å². The predicted octanol–water partition coefficient (Wildman–Crippen LogP) is 4.62. The maximum absolute atomic E-state index is 12.6. The van der Waals surface area contributed by atoms with E-state index in [2.05, 4.69) is 0 Å². The molecule has 0 bridgehead atoms. The van der Waals surface area contributed by atoms with Crippen LogP contribution in [0.5, 0.6) is 0 Å². The van der Waals surface area contributed by atoms with E-state index in [1.165, 1.54) is 11.3 Å². The number of nitrogens with two attached hydrogens (primary N) is 1. The number of hydrogen-bond acceptors (Lipinski definition) is 7. The number of amides is 1. The summed E-state index contributed by atoms with van der Waals surface area (Å²) in [6, 6.07) is 9.03. The van der Waals surface area contributed by atoms with Gasteiger partial charge in [0.25, 0.3) is 0 Å². The van der Waals surface area contributed by atoms with Gasteiger partial charge in [0.15, 0.2) is 0 Å². The van der Waals surface area contributed by atoms with Crippen LogP contribution in [-0.2, 0) is 22.4 Å². The summed E-state index contributed by atoms with van der Waals surface area (Å²) in [7, 11) is 0. The molecular weight excluding hydrogens is 573 g/mol. The standard InChI is InChI=1S/C27H34Cl3NO6S/c28-17-9-16(10-18(29)11-17)1-4-21-20(22(30)12-23(21)34)5-2-19-3-6-24(38-19)26(36)37-15-27(13-32,14-33)8-7-25(31)35/h3,6,9-11,20-23,32-34H,1-2,4-5,7-8,12-15H2,(H2,31,35)/t20-,21-,22-,23-/m1/s1. The molecule has 4 atom stereocenters. The Bertz CT molecular complexity index is 1070. The van der Waals surface area contributed by atoms with Gasteiger partial charge >= 0.3 is 5.97 Å². The van der Waals surface area contributed by atoms with E-state index in [1.807, 2.05) is 18.2 Å². The minimum atomic E-state index is -1.13. The lowest BCUT2D eigenvalue weighted by Crippen LogP contribution is -2.37. The summed E-state index contributed by atoms with van der Waals surface area (Å²) in [5.41, 5.74) is 5.06. The minimum absolute atomic E-state index is 0.0346. The molecule has 2 aromatic rings. The molecule has 210 valence electrons. The van der Waals surface area contributed by atoms with Crippen LogP contribution >= 0.6 is 46.1 Å². The minimum Gasteiger partial charge on any atom is -0.461 e. The number of ether oxygens (including phenoxy) is 1. The van der Waals surface area contributed by atoms with Gasteiger partial charge in [-0.2, -0.15) is 0 Å². The zero-order valence-electron chi connectivity index (χ0n) is 21.0. The van der Waals surface area contributed by atoms with Crippen LogP contribution in [0.2, 0.25) is 10.0 Å². The van der Waals surface area contributed by atoms with Gasteiger partial charge in [0.1, 0.15) is 11.5 Å². The van der Waals surface area contributed by atoms with Crippen molar-refractivity contribution in [1.82, 2.24) is 0 Å². The molecule has 1 aromatic heterocycles. The van der Waals surface area contributed by atoms with E-state index in [-0.39, 0.29) is 36.7 Å². The number of esters is 1. The van der Waals surface area contributed by atoms with Crippen LogP contribution in [-0.4, -0.2) is 58.5 Å². The van der Waals surface area contributed by atoms with Crippen molar-refractivity contribution in [2.45, 2.75) is 56.4 Å². The highest BCUT2D eigenvalue weighted by molar-refractivity contribution is 7.13. The van der Waals surface area contributed by atoms with E-state index in [4.69, 9.17) is 45.3 Å². The highest BCUT2D eigenvalue weighted by Crippen LogP contribution is 2.42. The molecule has 1 heterocycles. The first-order chi connectivity index (χ1) is 18.1. The summed E-state index contributed by atoms with van der Waals surface area (Å²) in [4.78, 5) is 25.1. The number of thiophene rings is 1. The van der Waals surface area contributed by atoms with Gasteiger partial charge in [0.05, 0.1) is 24.7 Å². The van der Waals surface area contributed by atoms with Crippen molar-refractivity contribution in [3.63, 3.8) is 0 Å². The van der Waals surface area contributed by atoms with Crippen molar-refractivity contribution in [2.75, 3.05) is 19.8 Å². The molecule has 0 aliphatic heterocycles. The van der Waals surface area contributed by atoms with Crippen molar-refractivity contribution in [1.29, 1.82) is 0 Å². The van der Waals surface area contributed by atoms with Crippen LogP contribution < -0.4 is 5.73 Å². The third kappa shape index (κ3) is 8.55. The first-order valence-corrected chi connectivity index (χ1v) is 14.6. The van der Waals surface area contributed by atoms with Crippen molar-refractivity contribution >= 4 is 58.0 Å². The number of aryl methyl sites for hydroxylation is 2.